The molecule has 0 radical (unpaired) electrons. The molecule has 0 heterocycles. The Bertz CT molecular complexity index is 344. The zero-order valence-corrected chi connectivity index (χ0v) is 10.7. The third-order valence-electron chi connectivity index (χ3n) is 1.87. The molecule has 0 aromatic heterocycles. The minimum Gasteiger partial charge on any atom is -0.388 e. The molecule has 0 fully saturated rings. The average Bonchev–Trinajstić information content (AvgIpc) is 2.20. The van der Waals surface area contributed by atoms with Crippen molar-refractivity contribution in [1.82, 2.24) is 0 Å². The third kappa shape index (κ3) is 4.21. The summed E-state index contributed by atoms with van der Waals surface area (Å²) < 4.78 is 0. The molecule has 1 unspecified atom stereocenters. The van der Waals surface area contributed by atoms with Crippen molar-refractivity contribution in [1.29, 1.82) is 0 Å². The van der Waals surface area contributed by atoms with E-state index in [0.717, 1.165) is 4.90 Å². The van der Waals surface area contributed by atoms with Crippen LogP contribution in [0.1, 0.15) is 6.92 Å². The number of nitrogens with two attached hydrogens (primary N) is 1. The predicted molar refractivity (Wildman–Crippen MR) is 66.9 cm³/mol. The van der Waals surface area contributed by atoms with Crippen molar-refractivity contribution in [3.8, 4) is 0 Å². The van der Waals surface area contributed by atoms with Gasteiger partial charge >= 0.3 is 0 Å². The van der Waals surface area contributed by atoms with E-state index in [1.54, 1.807) is 25.1 Å². The van der Waals surface area contributed by atoms with Crippen LogP contribution in [0.15, 0.2) is 23.1 Å². The molecule has 0 spiro atoms. The van der Waals surface area contributed by atoms with E-state index < -0.39 is 5.60 Å². The zero-order chi connectivity index (χ0) is 11.5. The molecule has 1 aromatic rings. The standard InChI is InChI=1S/C10H13Cl2NOS/c1-10(14,5-13)6-15-9-4-7(11)2-3-8(9)12/h2-4,14H,5-6,13H2,1H3. The van der Waals surface area contributed by atoms with Gasteiger partial charge in [0.15, 0.2) is 0 Å². The van der Waals surface area contributed by atoms with Gasteiger partial charge in [-0.25, -0.2) is 0 Å². The highest BCUT2D eigenvalue weighted by molar-refractivity contribution is 7.99. The number of aliphatic hydroxyl groups is 1. The van der Waals surface area contributed by atoms with Crippen LogP contribution >= 0.6 is 35.0 Å². The first-order valence-electron chi connectivity index (χ1n) is 4.45. The lowest BCUT2D eigenvalue weighted by atomic mass is 10.1. The SMILES string of the molecule is CC(O)(CN)CSc1cc(Cl)ccc1Cl. The molecular formula is C10H13Cl2NOS. The summed E-state index contributed by atoms with van der Waals surface area (Å²) in [4.78, 5) is 0.859. The molecule has 1 aromatic carbocycles. The fourth-order valence-corrected chi connectivity index (χ4v) is 2.40. The van der Waals surface area contributed by atoms with Gasteiger partial charge in [0, 0.05) is 22.2 Å². The topological polar surface area (TPSA) is 46.2 Å². The van der Waals surface area contributed by atoms with E-state index >= 15 is 0 Å². The maximum absolute atomic E-state index is 9.72. The lowest BCUT2D eigenvalue weighted by molar-refractivity contribution is 0.0949. The van der Waals surface area contributed by atoms with Crippen LogP contribution in [0, 0.1) is 0 Å². The van der Waals surface area contributed by atoms with E-state index in [0.29, 0.717) is 15.8 Å². The maximum Gasteiger partial charge on any atom is 0.0834 e. The lowest BCUT2D eigenvalue weighted by Gasteiger charge is -2.20. The second-order valence-corrected chi connectivity index (χ2v) is 5.43. The number of hydrogen-bond donors (Lipinski definition) is 2. The van der Waals surface area contributed by atoms with Crippen molar-refractivity contribution in [2.75, 3.05) is 12.3 Å². The first kappa shape index (κ1) is 13.1. The van der Waals surface area contributed by atoms with Crippen LogP contribution in [-0.4, -0.2) is 23.0 Å². The van der Waals surface area contributed by atoms with Crippen molar-refractivity contribution in [2.45, 2.75) is 17.4 Å². The Morgan fingerprint density at radius 2 is 2.13 bits per heavy atom. The second-order valence-electron chi connectivity index (χ2n) is 3.56. The van der Waals surface area contributed by atoms with E-state index in [1.165, 1.54) is 11.8 Å². The molecule has 0 bridgehead atoms. The molecule has 1 atom stereocenters. The van der Waals surface area contributed by atoms with E-state index in [-0.39, 0.29) is 6.54 Å². The highest BCUT2D eigenvalue weighted by atomic mass is 35.5. The summed E-state index contributed by atoms with van der Waals surface area (Å²) in [5, 5.41) is 11.0. The van der Waals surface area contributed by atoms with Gasteiger partial charge in [-0.05, 0) is 25.1 Å². The molecule has 0 aliphatic rings. The summed E-state index contributed by atoms with van der Waals surface area (Å²) in [7, 11) is 0. The van der Waals surface area contributed by atoms with Crippen molar-refractivity contribution in [3.05, 3.63) is 28.2 Å². The summed E-state index contributed by atoms with van der Waals surface area (Å²) in [5.74, 6) is 0.490. The molecule has 0 saturated carbocycles. The van der Waals surface area contributed by atoms with Gasteiger partial charge in [-0.2, -0.15) is 0 Å². The molecule has 3 N–H and O–H groups in total. The Morgan fingerprint density at radius 3 is 2.73 bits per heavy atom. The number of halogens is 2. The van der Waals surface area contributed by atoms with Crippen molar-refractivity contribution in [2.24, 2.45) is 5.73 Å². The van der Waals surface area contributed by atoms with Crippen molar-refractivity contribution < 1.29 is 5.11 Å². The van der Waals surface area contributed by atoms with Gasteiger partial charge in [-0.15, -0.1) is 11.8 Å². The maximum atomic E-state index is 9.72. The van der Waals surface area contributed by atoms with Crippen molar-refractivity contribution >= 4 is 35.0 Å². The van der Waals surface area contributed by atoms with E-state index in [1.807, 2.05) is 0 Å². The van der Waals surface area contributed by atoms with Gasteiger partial charge in [0.05, 0.1) is 10.6 Å². The Morgan fingerprint density at radius 1 is 1.47 bits per heavy atom. The Kier molecular flexibility index (Phi) is 4.74. The van der Waals surface area contributed by atoms with E-state index in [4.69, 9.17) is 28.9 Å². The molecule has 2 nitrogen and oxygen atoms in total. The fraction of sp³-hybridized carbons (Fsp3) is 0.400. The first-order valence-corrected chi connectivity index (χ1v) is 6.19. The Hall–Kier alpha value is 0.0700. The van der Waals surface area contributed by atoms with Gasteiger partial charge < -0.3 is 10.8 Å². The monoisotopic (exact) mass is 265 g/mol. The molecule has 1 rings (SSSR count). The van der Waals surface area contributed by atoms with Crippen LogP contribution in [0.2, 0.25) is 10.0 Å². The van der Waals surface area contributed by atoms with Crippen LogP contribution in [0.3, 0.4) is 0 Å². The molecule has 0 amide bonds. The molecule has 84 valence electrons. The highest BCUT2D eigenvalue weighted by Crippen LogP contribution is 2.31. The number of thioether (sulfide) groups is 1. The van der Waals surface area contributed by atoms with Crippen LogP contribution in [0.4, 0.5) is 0 Å². The summed E-state index contributed by atoms with van der Waals surface area (Å²) in [6, 6.07) is 5.25. The van der Waals surface area contributed by atoms with Gasteiger partial charge in [0.25, 0.3) is 0 Å². The molecular weight excluding hydrogens is 253 g/mol. The molecule has 0 saturated heterocycles. The average molecular weight is 266 g/mol. The molecule has 0 aliphatic heterocycles. The lowest BCUT2D eigenvalue weighted by Crippen LogP contribution is -2.36. The number of hydrogen-bond acceptors (Lipinski definition) is 3. The summed E-state index contributed by atoms with van der Waals surface area (Å²) in [5.41, 5.74) is 4.54. The summed E-state index contributed by atoms with van der Waals surface area (Å²) in [6.45, 7) is 1.91. The quantitative estimate of drug-likeness (QED) is 0.824. The fourth-order valence-electron chi connectivity index (χ4n) is 0.880. The predicted octanol–water partition coefficient (Wildman–Crippen LogP) is 2.80. The number of benzene rings is 1. The summed E-state index contributed by atoms with van der Waals surface area (Å²) in [6.07, 6.45) is 0. The normalized spacial score (nSPS) is 15.0. The van der Waals surface area contributed by atoms with Gasteiger partial charge in [0.1, 0.15) is 0 Å². The minimum atomic E-state index is -0.879. The Balaban J connectivity index is 2.69. The minimum absolute atomic E-state index is 0.220. The highest BCUT2D eigenvalue weighted by Gasteiger charge is 2.18. The van der Waals surface area contributed by atoms with Crippen LogP contribution in [0.5, 0.6) is 0 Å². The number of rotatable bonds is 4. The Labute approximate surface area is 104 Å². The smallest absolute Gasteiger partial charge is 0.0834 e. The van der Waals surface area contributed by atoms with Gasteiger partial charge in [-0.1, -0.05) is 23.2 Å². The van der Waals surface area contributed by atoms with Gasteiger partial charge in [-0.3, -0.25) is 0 Å². The molecule has 15 heavy (non-hydrogen) atoms. The largest absolute Gasteiger partial charge is 0.388 e. The van der Waals surface area contributed by atoms with Crippen molar-refractivity contribution in [3.63, 3.8) is 0 Å². The molecule has 0 aliphatic carbocycles. The first-order chi connectivity index (χ1) is 6.94. The van der Waals surface area contributed by atoms with E-state index in [9.17, 15) is 5.11 Å². The van der Waals surface area contributed by atoms with Crippen LogP contribution in [-0.2, 0) is 0 Å². The third-order valence-corrected chi connectivity index (χ3v) is 3.96. The zero-order valence-electron chi connectivity index (χ0n) is 8.34. The molecule has 5 heteroatoms. The summed E-state index contributed by atoms with van der Waals surface area (Å²) >= 11 is 13.3. The second kappa shape index (κ2) is 5.41. The van der Waals surface area contributed by atoms with E-state index in [2.05, 4.69) is 0 Å². The van der Waals surface area contributed by atoms with Crippen LogP contribution < -0.4 is 5.73 Å². The van der Waals surface area contributed by atoms with Crippen LogP contribution in [0.25, 0.3) is 0 Å². The van der Waals surface area contributed by atoms with Gasteiger partial charge in [0.2, 0.25) is 0 Å².